The van der Waals surface area contributed by atoms with Crippen molar-refractivity contribution in [2.24, 2.45) is 10.9 Å². The number of aliphatic imine (C=N–C) groups is 1. The Hall–Kier alpha value is -0.830. The van der Waals surface area contributed by atoms with Crippen LogP contribution in [0.3, 0.4) is 0 Å². The standard InChI is InChI=1S/C8H10F3NO/c9-8(10,11)6-1-3-7(4-2-6)12-5-13/h6-7H,1-4H2/t6-,7+. The molecule has 2 nitrogen and oxygen atoms in total. The van der Waals surface area contributed by atoms with Gasteiger partial charge in [-0.15, -0.1) is 0 Å². The normalized spacial score (nSPS) is 29.5. The Morgan fingerprint density at radius 3 is 2.08 bits per heavy atom. The van der Waals surface area contributed by atoms with Crippen LogP contribution in [0.15, 0.2) is 4.99 Å². The Kier molecular flexibility index (Phi) is 3.09. The fourth-order valence-corrected chi connectivity index (χ4v) is 1.61. The van der Waals surface area contributed by atoms with E-state index in [2.05, 4.69) is 4.99 Å². The molecule has 0 atom stereocenters. The molecule has 0 aromatic rings. The molecular weight excluding hydrogens is 183 g/mol. The highest BCUT2D eigenvalue weighted by atomic mass is 19.4. The molecule has 1 rings (SSSR count). The molecule has 74 valence electrons. The van der Waals surface area contributed by atoms with E-state index in [1.54, 1.807) is 0 Å². The summed E-state index contributed by atoms with van der Waals surface area (Å²) >= 11 is 0. The summed E-state index contributed by atoms with van der Waals surface area (Å²) in [6, 6.07) is -0.240. The highest BCUT2D eigenvalue weighted by Crippen LogP contribution is 2.38. The smallest absolute Gasteiger partial charge is 0.211 e. The van der Waals surface area contributed by atoms with Crippen LogP contribution in [0.2, 0.25) is 0 Å². The fourth-order valence-electron chi connectivity index (χ4n) is 1.61. The van der Waals surface area contributed by atoms with E-state index >= 15 is 0 Å². The quantitative estimate of drug-likeness (QED) is 0.464. The van der Waals surface area contributed by atoms with E-state index in [4.69, 9.17) is 0 Å². The predicted octanol–water partition coefficient (Wildman–Crippen LogP) is 2.44. The Labute approximate surface area is 73.8 Å². The number of nitrogens with zero attached hydrogens (tertiary/aromatic N) is 1. The summed E-state index contributed by atoms with van der Waals surface area (Å²) < 4.78 is 36.4. The van der Waals surface area contributed by atoms with E-state index < -0.39 is 12.1 Å². The van der Waals surface area contributed by atoms with Gasteiger partial charge in [0.25, 0.3) is 0 Å². The maximum atomic E-state index is 12.1. The Balaban J connectivity index is 2.43. The van der Waals surface area contributed by atoms with Gasteiger partial charge in [-0.25, -0.2) is 9.79 Å². The first-order valence-corrected chi connectivity index (χ1v) is 4.17. The molecule has 0 bridgehead atoms. The molecule has 5 heteroatoms. The van der Waals surface area contributed by atoms with Gasteiger partial charge < -0.3 is 0 Å². The fraction of sp³-hybridized carbons (Fsp3) is 0.875. The van der Waals surface area contributed by atoms with Gasteiger partial charge in [0.2, 0.25) is 6.08 Å². The van der Waals surface area contributed by atoms with Crippen molar-refractivity contribution in [1.82, 2.24) is 0 Å². The van der Waals surface area contributed by atoms with Gasteiger partial charge in [-0.2, -0.15) is 13.2 Å². The molecule has 0 heterocycles. The van der Waals surface area contributed by atoms with Gasteiger partial charge in [0.1, 0.15) is 0 Å². The monoisotopic (exact) mass is 193 g/mol. The van der Waals surface area contributed by atoms with E-state index in [1.807, 2.05) is 0 Å². The van der Waals surface area contributed by atoms with E-state index in [1.165, 1.54) is 6.08 Å². The summed E-state index contributed by atoms with van der Waals surface area (Å²) in [5.74, 6) is -1.20. The van der Waals surface area contributed by atoms with Crippen LogP contribution in [0.5, 0.6) is 0 Å². The van der Waals surface area contributed by atoms with E-state index in [0.29, 0.717) is 12.8 Å². The molecule has 0 spiro atoms. The van der Waals surface area contributed by atoms with Crippen LogP contribution >= 0.6 is 0 Å². The van der Waals surface area contributed by atoms with Crippen molar-refractivity contribution >= 4 is 6.08 Å². The minimum atomic E-state index is -4.09. The van der Waals surface area contributed by atoms with Crippen molar-refractivity contribution < 1.29 is 18.0 Å². The van der Waals surface area contributed by atoms with Crippen molar-refractivity contribution in [3.05, 3.63) is 0 Å². The topological polar surface area (TPSA) is 29.4 Å². The lowest BCUT2D eigenvalue weighted by Gasteiger charge is -2.26. The lowest BCUT2D eigenvalue weighted by molar-refractivity contribution is -0.182. The summed E-state index contributed by atoms with van der Waals surface area (Å²) in [7, 11) is 0. The Morgan fingerprint density at radius 1 is 1.15 bits per heavy atom. The Bertz CT molecular complexity index is 212. The van der Waals surface area contributed by atoms with Crippen molar-refractivity contribution in [2.75, 3.05) is 0 Å². The van der Waals surface area contributed by atoms with Gasteiger partial charge >= 0.3 is 6.18 Å². The van der Waals surface area contributed by atoms with Crippen molar-refractivity contribution in [3.63, 3.8) is 0 Å². The molecule has 0 amide bonds. The number of halogens is 3. The number of carbonyl (C=O) groups excluding carboxylic acids is 1. The molecule has 13 heavy (non-hydrogen) atoms. The first-order valence-electron chi connectivity index (χ1n) is 4.17. The summed E-state index contributed by atoms with van der Waals surface area (Å²) in [4.78, 5) is 13.3. The van der Waals surface area contributed by atoms with Crippen LogP contribution in [0, 0.1) is 5.92 Å². The summed E-state index contributed by atoms with van der Waals surface area (Å²) in [5, 5.41) is 0. The van der Waals surface area contributed by atoms with E-state index in [-0.39, 0.29) is 18.9 Å². The van der Waals surface area contributed by atoms with Gasteiger partial charge in [0.15, 0.2) is 0 Å². The van der Waals surface area contributed by atoms with Crippen LogP contribution in [0.1, 0.15) is 25.7 Å². The van der Waals surface area contributed by atoms with Gasteiger partial charge in [0, 0.05) is 0 Å². The zero-order valence-corrected chi connectivity index (χ0v) is 6.97. The van der Waals surface area contributed by atoms with Gasteiger partial charge in [-0.3, -0.25) is 0 Å². The van der Waals surface area contributed by atoms with E-state index in [0.717, 1.165) is 0 Å². The number of alkyl halides is 3. The third kappa shape index (κ3) is 2.84. The maximum absolute atomic E-state index is 12.1. The highest BCUT2D eigenvalue weighted by Gasteiger charge is 2.41. The molecule has 0 aliphatic heterocycles. The Morgan fingerprint density at radius 2 is 1.69 bits per heavy atom. The van der Waals surface area contributed by atoms with Crippen molar-refractivity contribution in [3.8, 4) is 0 Å². The minimum absolute atomic E-state index is 0.0827. The molecule has 0 aromatic carbocycles. The first-order chi connectivity index (χ1) is 6.04. The van der Waals surface area contributed by atoms with Gasteiger partial charge in [0.05, 0.1) is 12.0 Å². The molecule has 1 saturated carbocycles. The zero-order chi connectivity index (χ0) is 9.90. The van der Waals surface area contributed by atoms with Crippen LogP contribution < -0.4 is 0 Å². The van der Waals surface area contributed by atoms with Gasteiger partial charge in [-0.05, 0) is 25.7 Å². The minimum Gasteiger partial charge on any atom is -0.211 e. The molecule has 0 radical (unpaired) electrons. The number of isocyanates is 1. The van der Waals surface area contributed by atoms with Crippen LogP contribution in [-0.2, 0) is 4.79 Å². The molecule has 1 aliphatic carbocycles. The molecule has 0 aromatic heterocycles. The number of hydrogen-bond acceptors (Lipinski definition) is 2. The average Bonchev–Trinajstić information content (AvgIpc) is 2.04. The molecule has 0 unspecified atom stereocenters. The molecular formula is C8H10F3NO. The van der Waals surface area contributed by atoms with E-state index in [9.17, 15) is 18.0 Å². The maximum Gasteiger partial charge on any atom is 0.391 e. The summed E-state index contributed by atoms with van der Waals surface area (Å²) in [5.41, 5.74) is 0. The lowest BCUT2D eigenvalue weighted by Crippen LogP contribution is -2.28. The first kappa shape index (κ1) is 10.3. The summed E-state index contributed by atoms with van der Waals surface area (Å²) in [6.07, 6.45) is -1.84. The molecule has 1 fully saturated rings. The number of rotatable bonds is 1. The second-order valence-electron chi connectivity index (χ2n) is 3.27. The van der Waals surface area contributed by atoms with Crippen molar-refractivity contribution in [1.29, 1.82) is 0 Å². The highest BCUT2D eigenvalue weighted by molar-refractivity contribution is 5.33. The zero-order valence-electron chi connectivity index (χ0n) is 6.97. The second kappa shape index (κ2) is 3.92. The second-order valence-corrected chi connectivity index (χ2v) is 3.27. The average molecular weight is 193 g/mol. The molecule has 0 saturated heterocycles. The van der Waals surface area contributed by atoms with Crippen molar-refractivity contribution in [2.45, 2.75) is 37.9 Å². The molecule has 1 aliphatic rings. The predicted molar refractivity (Wildman–Crippen MR) is 39.9 cm³/mol. The largest absolute Gasteiger partial charge is 0.391 e. The third-order valence-electron chi connectivity index (χ3n) is 2.39. The number of hydrogen-bond donors (Lipinski definition) is 0. The SMILES string of the molecule is O=C=N[C@H]1CC[C@@H](C(F)(F)F)CC1. The van der Waals surface area contributed by atoms with Crippen LogP contribution in [-0.4, -0.2) is 18.3 Å². The van der Waals surface area contributed by atoms with Gasteiger partial charge in [-0.1, -0.05) is 0 Å². The van der Waals surface area contributed by atoms with Crippen LogP contribution in [0.4, 0.5) is 13.2 Å². The lowest BCUT2D eigenvalue weighted by atomic mass is 9.86. The van der Waals surface area contributed by atoms with Crippen LogP contribution in [0.25, 0.3) is 0 Å². The molecule has 0 N–H and O–H groups in total. The third-order valence-corrected chi connectivity index (χ3v) is 2.39. The summed E-state index contributed by atoms with van der Waals surface area (Å²) in [6.45, 7) is 0.